The van der Waals surface area contributed by atoms with E-state index >= 15 is 0 Å². The smallest absolute Gasteiger partial charge is 0.235 e. The van der Waals surface area contributed by atoms with Crippen molar-refractivity contribution in [2.24, 2.45) is 10.2 Å². The second-order valence-electron chi connectivity index (χ2n) is 6.91. The van der Waals surface area contributed by atoms with Gasteiger partial charge in [0.2, 0.25) is 5.90 Å². The van der Waals surface area contributed by atoms with Crippen LogP contribution in [0.4, 0.5) is 4.39 Å². The number of nitrogens with one attached hydrogen (secondary N) is 1. The molecule has 0 heterocycles. The molecule has 0 aliphatic heterocycles. The first kappa shape index (κ1) is 22.2. The van der Waals surface area contributed by atoms with Crippen molar-refractivity contribution >= 4 is 11.7 Å². The van der Waals surface area contributed by atoms with E-state index < -0.39 is 0 Å². The van der Waals surface area contributed by atoms with E-state index in [4.69, 9.17) is 9.47 Å². The van der Waals surface area contributed by atoms with E-state index in [9.17, 15) is 4.39 Å². The lowest BCUT2D eigenvalue weighted by Crippen LogP contribution is -2.20. The average molecular weight is 420 g/mol. The summed E-state index contributed by atoms with van der Waals surface area (Å²) in [4.78, 5) is 0. The molecule has 0 radical (unpaired) electrons. The van der Waals surface area contributed by atoms with Gasteiger partial charge in [-0.25, -0.2) is 4.39 Å². The lowest BCUT2D eigenvalue weighted by molar-refractivity contribution is 0.134. The number of halogens is 1. The SMILES string of the molecule is C/C(=N\N=C(/COCc1ccccc1)OCc1ccccc1)NCc1ccc(F)cc1. The van der Waals surface area contributed by atoms with Crippen molar-refractivity contribution in [3.63, 3.8) is 0 Å². The summed E-state index contributed by atoms with van der Waals surface area (Å²) in [7, 11) is 0. The highest BCUT2D eigenvalue weighted by molar-refractivity contribution is 5.82. The predicted molar refractivity (Wildman–Crippen MR) is 121 cm³/mol. The minimum atomic E-state index is -0.255. The summed E-state index contributed by atoms with van der Waals surface area (Å²) in [5, 5.41) is 11.6. The fourth-order valence-electron chi connectivity index (χ4n) is 2.67. The van der Waals surface area contributed by atoms with Gasteiger partial charge in [-0.15, -0.1) is 10.2 Å². The minimum absolute atomic E-state index is 0.205. The van der Waals surface area contributed by atoms with Crippen molar-refractivity contribution in [1.29, 1.82) is 0 Å². The highest BCUT2D eigenvalue weighted by atomic mass is 19.1. The molecule has 0 aliphatic carbocycles. The topological polar surface area (TPSA) is 55.2 Å². The molecule has 0 fully saturated rings. The van der Waals surface area contributed by atoms with E-state index in [1.807, 2.05) is 67.6 Å². The Balaban J connectivity index is 1.57. The monoisotopic (exact) mass is 419 g/mol. The number of amidine groups is 1. The fraction of sp³-hybridized carbons (Fsp3) is 0.200. The highest BCUT2D eigenvalue weighted by Crippen LogP contribution is 2.05. The molecule has 0 bridgehead atoms. The second-order valence-corrected chi connectivity index (χ2v) is 6.91. The molecular weight excluding hydrogens is 393 g/mol. The van der Waals surface area contributed by atoms with Gasteiger partial charge >= 0.3 is 0 Å². The number of rotatable bonds is 9. The molecule has 31 heavy (non-hydrogen) atoms. The molecule has 0 saturated carbocycles. The molecule has 1 N–H and O–H groups in total. The zero-order valence-electron chi connectivity index (χ0n) is 17.5. The van der Waals surface area contributed by atoms with Gasteiger partial charge in [-0.3, -0.25) is 0 Å². The third-order valence-corrected chi connectivity index (χ3v) is 4.36. The fourth-order valence-corrected chi connectivity index (χ4v) is 2.67. The molecule has 3 aromatic rings. The van der Waals surface area contributed by atoms with Crippen LogP contribution < -0.4 is 5.32 Å². The number of ether oxygens (including phenoxy) is 2. The third kappa shape index (κ3) is 8.40. The number of hydrogen-bond donors (Lipinski definition) is 1. The lowest BCUT2D eigenvalue weighted by atomic mass is 10.2. The predicted octanol–water partition coefficient (Wildman–Crippen LogP) is 5.08. The van der Waals surface area contributed by atoms with Crippen molar-refractivity contribution in [3.8, 4) is 0 Å². The van der Waals surface area contributed by atoms with Gasteiger partial charge in [-0.1, -0.05) is 72.8 Å². The Kier molecular flexibility index (Phi) is 8.76. The molecular formula is C25H26FN3O2. The molecule has 0 saturated heterocycles. The minimum Gasteiger partial charge on any atom is -0.473 e. The third-order valence-electron chi connectivity index (χ3n) is 4.36. The molecule has 5 nitrogen and oxygen atoms in total. The van der Waals surface area contributed by atoms with Crippen LogP contribution in [-0.2, 0) is 29.2 Å². The Morgan fingerprint density at radius 2 is 1.39 bits per heavy atom. The molecule has 0 aliphatic rings. The summed E-state index contributed by atoms with van der Waals surface area (Å²) >= 11 is 0. The Hall–Kier alpha value is -3.51. The van der Waals surface area contributed by atoms with E-state index in [0.717, 1.165) is 16.7 Å². The van der Waals surface area contributed by atoms with Gasteiger partial charge in [0.25, 0.3) is 0 Å². The van der Waals surface area contributed by atoms with E-state index in [1.54, 1.807) is 12.1 Å². The molecule has 3 aromatic carbocycles. The maximum absolute atomic E-state index is 13.0. The van der Waals surface area contributed by atoms with E-state index in [1.165, 1.54) is 12.1 Å². The number of nitrogens with zero attached hydrogens (tertiary/aromatic N) is 2. The standard InChI is InChI=1S/C25H26FN3O2/c1-20(27-16-21-12-14-24(26)15-13-21)28-29-25(31-18-23-10-6-3-7-11-23)19-30-17-22-8-4-2-5-9-22/h2-15H,16-19H2,1H3,(H,27,28)/b29-25+. The molecule has 0 amide bonds. The molecule has 0 unspecified atom stereocenters. The quantitative estimate of drug-likeness (QED) is 0.299. The maximum Gasteiger partial charge on any atom is 0.235 e. The average Bonchev–Trinajstić information content (AvgIpc) is 2.81. The normalized spacial score (nSPS) is 11.9. The summed E-state index contributed by atoms with van der Waals surface area (Å²) < 4.78 is 24.6. The number of hydrogen-bond acceptors (Lipinski definition) is 4. The zero-order chi connectivity index (χ0) is 21.7. The zero-order valence-corrected chi connectivity index (χ0v) is 17.5. The van der Waals surface area contributed by atoms with E-state index in [-0.39, 0.29) is 12.4 Å². The van der Waals surface area contributed by atoms with Crippen LogP contribution in [0.15, 0.2) is 95.1 Å². The molecule has 0 aromatic heterocycles. The van der Waals surface area contributed by atoms with Gasteiger partial charge in [0, 0.05) is 6.54 Å². The van der Waals surface area contributed by atoms with Crippen LogP contribution in [0.3, 0.4) is 0 Å². The Labute approximate surface area is 182 Å². The first-order valence-electron chi connectivity index (χ1n) is 10.1. The summed E-state index contributed by atoms with van der Waals surface area (Å²) in [5.41, 5.74) is 3.06. The molecule has 6 heteroatoms. The van der Waals surface area contributed by atoms with Crippen LogP contribution in [0, 0.1) is 5.82 Å². The van der Waals surface area contributed by atoms with Gasteiger partial charge in [0.1, 0.15) is 24.9 Å². The van der Waals surface area contributed by atoms with E-state index in [2.05, 4.69) is 15.5 Å². The van der Waals surface area contributed by atoms with Gasteiger partial charge in [-0.2, -0.15) is 0 Å². The van der Waals surface area contributed by atoms with Crippen LogP contribution in [0.1, 0.15) is 23.6 Å². The lowest BCUT2D eigenvalue weighted by Gasteiger charge is -2.10. The van der Waals surface area contributed by atoms with Crippen LogP contribution in [0.25, 0.3) is 0 Å². The summed E-state index contributed by atoms with van der Waals surface area (Å²) in [6.45, 7) is 3.38. The van der Waals surface area contributed by atoms with Gasteiger partial charge in [0.15, 0.2) is 0 Å². The van der Waals surface area contributed by atoms with E-state index in [0.29, 0.717) is 31.5 Å². The molecule has 3 rings (SSSR count). The highest BCUT2D eigenvalue weighted by Gasteiger charge is 2.04. The molecule has 0 atom stereocenters. The van der Waals surface area contributed by atoms with Gasteiger partial charge < -0.3 is 14.8 Å². The summed E-state index contributed by atoms with van der Waals surface area (Å²) in [5.74, 6) is 0.755. The van der Waals surface area contributed by atoms with Crippen LogP contribution in [0.5, 0.6) is 0 Å². The van der Waals surface area contributed by atoms with Crippen molar-refractivity contribution < 1.29 is 13.9 Å². The summed E-state index contributed by atoms with van der Waals surface area (Å²) in [6, 6.07) is 26.1. The van der Waals surface area contributed by atoms with Crippen molar-refractivity contribution in [2.45, 2.75) is 26.7 Å². The maximum atomic E-state index is 13.0. The van der Waals surface area contributed by atoms with Crippen molar-refractivity contribution in [3.05, 3.63) is 107 Å². The van der Waals surface area contributed by atoms with Crippen molar-refractivity contribution in [2.75, 3.05) is 6.61 Å². The van der Waals surface area contributed by atoms with Gasteiger partial charge in [-0.05, 0) is 35.7 Å². The Morgan fingerprint density at radius 3 is 2.03 bits per heavy atom. The summed E-state index contributed by atoms with van der Waals surface area (Å²) in [6.07, 6.45) is 0. The molecule has 160 valence electrons. The number of benzene rings is 3. The first-order valence-corrected chi connectivity index (χ1v) is 10.1. The van der Waals surface area contributed by atoms with Crippen LogP contribution in [0.2, 0.25) is 0 Å². The first-order chi connectivity index (χ1) is 15.2. The molecule has 0 spiro atoms. The Morgan fingerprint density at radius 1 is 0.774 bits per heavy atom. The van der Waals surface area contributed by atoms with Crippen molar-refractivity contribution in [1.82, 2.24) is 5.32 Å². The second kappa shape index (κ2) is 12.2. The van der Waals surface area contributed by atoms with Crippen LogP contribution >= 0.6 is 0 Å². The van der Waals surface area contributed by atoms with Crippen LogP contribution in [-0.4, -0.2) is 18.3 Å². The van der Waals surface area contributed by atoms with Gasteiger partial charge in [0.05, 0.1) is 6.61 Å². The largest absolute Gasteiger partial charge is 0.473 e. The Bertz CT molecular complexity index is 975.